The van der Waals surface area contributed by atoms with Crippen LogP contribution in [0, 0.1) is 58.2 Å². The number of ether oxygens (including phenoxy) is 8. The van der Waals surface area contributed by atoms with E-state index in [9.17, 15) is 48.9 Å². The number of ketones is 1. The van der Waals surface area contributed by atoms with E-state index in [0.29, 0.717) is 156 Å². The minimum atomic E-state index is -0.473. The monoisotopic (exact) mass is 1120 g/mol. The quantitative estimate of drug-likeness (QED) is 0.0198. The van der Waals surface area contributed by atoms with Crippen molar-refractivity contribution in [2.24, 2.45) is 35.5 Å². The number of thioether (sulfide) groups is 2. The molecule has 0 unspecified atom stereocenters. The molecule has 0 aromatic heterocycles. The molecule has 1 aliphatic heterocycles. The van der Waals surface area contributed by atoms with Gasteiger partial charge in [-0.1, -0.05) is 36.7 Å². The van der Waals surface area contributed by atoms with Gasteiger partial charge in [0.2, 0.25) is 0 Å². The van der Waals surface area contributed by atoms with Crippen LogP contribution in [0.2, 0.25) is 0 Å². The van der Waals surface area contributed by atoms with E-state index in [1.807, 2.05) is 12.1 Å². The molecule has 0 N–H and O–H groups in total. The first kappa shape index (κ1) is 61.3. The van der Waals surface area contributed by atoms with Crippen LogP contribution in [0.15, 0.2) is 57.0 Å². The van der Waals surface area contributed by atoms with Crippen molar-refractivity contribution in [1.82, 2.24) is 0 Å². The van der Waals surface area contributed by atoms with Gasteiger partial charge < -0.3 is 37.9 Å². The Balaban J connectivity index is 0.886. The Morgan fingerprint density at radius 1 is 0.474 bits per heavy atom. The number of allylic oxidation sites excluding steroid dienone is 1. The van der Waals surface area contributed by atoms with E-state index >= 15 is 0 Å². The predicted octanol–water partition coefficient (Wildman–Crippen LogP) is 10.1. The molecule has 1 aromatic rings. The number of hydrogen-bond acceptors (Lipinski definition) is 20. The maximum absolute atomic E-state index is 13.6. The van der Waals surface area contributed by atoms with Crippen molar-refractivity contribution in [1.29, 1.82) is 10.5 Å². The summed E-state index contributed by atoms with van der Waals surface area (Å²) in [5.74, 6) is -4.31. The molecule has 1 aromatic carbocycles. The molecule has 5 aliphatic rings. The van der Waals surface area contributed by atoms with Gasteiger partial charge in [-0.05, 0) is 166 Å². The second-order valence-corrected chi connectivity index (χ2v) is 22.8. The fourth-order valence-corrected chi connectivity index (χ4v) is 12.7. The fraction of sp³-hybridized carbons (Fsp3) is 0.621. The van der Waals surface area contributed by atoms with Crippen LogP contribution in [0.3, 0.4) is 0 Å². The number of carbonyl (C=O) groups is 8. The fourth-order valence-electron chi connectivity index (χ4n) is 10.3. The van der Waals surface area contributed by atoms with Gasteiger partial charge in [0, 0.05) is 12.7 Å². The molecule has 0 atom stereocenters. The maximum Gasteiger partial charge on any atom is 0.330 e. The van der Waals surface area contributed by atoms with E-state index in [-0.39, 0.29) is 89.2 Å². The van der Waals surface area contributed by atoms with Crippen LogP contribution in [-0.2, 0) is 66.8 Å². The van der Waals surface area contributed by atoms with E-state index in [1.165, 1.54) is 18.2 Å². The third kappa shape index (κ3) is 18.9. The molecule has 4 aliphatic carbocycles. The van der Waals surface area contributed by atoms with Crippen LogP contribution in [0.25, 0.3) is 0 Å². The van der Waals surface area contributed by atoms with Gasteiger partial charge in [0.05, 0.1) is 69.4 Å². The predicted molar refractivity (Wildman–Crippen MR) is 284 cm³/mol. The maximum atomic E-state index is 13.6. The minimum absolute atomic E-state index is 0.0172. The van der Waals surface area contributed by atoms with Crippen molar-refractivity contribution in [3.05, 3.63) is 47.3 Å². The SMILES string of the molecule is C=CC(=O)COCCCCCOC(=O)C1CCC(C(=O)OC2CCC(C(=O)Oc3ccc(OC(=O)C4CCC(OC(=O)C5CCC(C(=O)OCCCCCCOC(=O)C=C)CC5)CC4)c4c3SC(=C(C#N)C#N)S4)CC2)CC1. The standard InChI is InChI=1S/C58H72N2O16S2/c1-3-44(61)36-69-30-8-7-11-33-72-53(64)38-14-18-40(19-15-38)55(66)74-46-26-22-42(23-27-46)57(68)76-48-29-28-47(50-51(48)78-58(77-50)43(34-59)35-60)75-56(67)41-20-24-45(25-21-41)73-54(65)39-16-12-37(13-17-39)52(63)71-32-10-6-5-9-31-70-49(62)4-2/h3-4,28-29,37-42,45-46H,1-2,5-27,30-33,36H2. The largest absolute Gasteiger partial charge is 0.465 e. The molecule has 20 heteroatoms. The summed E-state index contributed by atoms with van der Waals surface area (Å²) in [6, 6.07) is 6.89. The van der Waals surface area contributed by atoms with E-state index in [0.717, 1.165) is 61.7 Å². The molecule has 422 valence electrons. The number of benzene rings is 1. The highest BCUT2D eigenvalue weighted by atomic mass is 32.2. The summed E-state index contributed by atoms with van der Waals surface area (Å²) in [6.45, 7) is 8.20. The zero-order chi connectivity index (χ0) is 55.8. The lowest BCUT2D eigenvalue weighted by Crippen LogP contribution is -2.33. The first-order chi connectivity index (χ1) is 37.8. The van der Waals surface area contributed by atoms with Gasteiger partial charge in [-0.2, -0.15) is 10.5 Å². The average molecular weight is 1120 g/mol. The zero-order valence-corrected chi connectivity index (χ0v) is 46.0. The van der Waals surface area contributed by atoms with Gasteiger partial charge in [-0.25, -0.2) is 4.79 Å². The highest BCUT2D eigenvalue weighted by molar-refractivity contribution is 8.24. The number of unbranched alkanes of at least 4 members (excludes halogenated alkanes) is 5. The van der Waals surface area contributed by atoms with Crippen molar-refractivity contribution in [3.63, 3.8) is 0 Å². The number of rotatable bonds is 27. The molecule has 4 fully saturated rings. The summed E-state index contributed by atoms with van der Waals surface area (Å²) in [5, 5.41) is 19.4. The Bertz CT molecular complexity index is 2270. The molecule has 78 heavy (non-hydrogen) atoms. The summed E-state index contributed by atoms with van der Waals surface area (Å²) >= 11 is 2.18. The van der Waals surface area contributed by atoms with Gasteiger partial charge in [0.25, 0.3) is 0 Å². The molecular formula is C58H72N2O16S2. The lowest BCUT2D eigenvalue weighted by atomic mass is 9.82. The molecule has 0 radical (unpaired) electrons. The topological polar surface area (TPSA) is 258 Å². The molecule has 4 saturated carbocycles. The van der Waals surface area contributed by atoms with Crippen LogP contribution in [0.4, 0.5) is 0 Å². The molecule has 0 bridgehead atoms. The van der Waals surface area contributed by atoms with Gasteiger partial charge in [0.1, 0.15) is 48.0 Å². The molecule has 6 rings (SSSR count). The van der Waals surface area contributed by atoms with Crippen LogP contribution in [0.5, 0.6) is 11.5 Å². The van der Waals surface area contributed by atoms with Crippen molar-refractivity contribution >= 4 is 71.1 Å². The highest BCUT2D eigenvalue weighted by Gasteiger charge is 2.38. The Morgan fingerprint density at radius 3 is 1.23 bits per heavy atom. The number of nitrogens with zero attached hydrogens (tertiary/aromatic N) is 2. The normalized spacial score (nSPS) is 23.6. The second kappa shape index (κ2) is 32.2. The summed E-state index contributed by atoms with van der Waals surface area (Å²) in [7, 11) is 0. The third-order valence-electron chi connectivity index (χ3n) is 15.0. The number of hydrogen-bond donors (Lipinski definition) is 0. The number of nitriles is 2. The summed E-state index contributed by atoms with van der Waals surface area (Å²) in [4.78, 5) is 102. The smallest absolute Gasteiger partial charge is 0.330 e. The molecule has 0 spiro atoms. The molecule has 18 nitrogen and oxygen atoms in total. The van der Waals surface area contributed by atoms with E-state index in [4.69, 9.17) is 37.9 Å². The average Bonchev–Trinajstić information content (AvgIpc) is 3.94. The van der Waals surface area contributed by atoms with Crippen LogP contribution in [-0.4, -0.2) is 92.8 Å². The first-order valence-corrected chi connectivity index (χ1v) is 29.2. The third-order valence-corrected chi connectivity index (χ3v) is 17.6. The van der Waals surface area contributed by atoms with Gasteiger partial charge >= 0.3 is 41.8 Å². The molecule has 0 saturated heterocycles. The number of carbonyl (C=O) groups excluding carboxylic acids is 8. The van der Waals surface area contributed by atoms with Crippen molar-refractivity contribution in [3.8, 4) is 23.6 Å². The summed E-state index contributed by atoms with van der Waals surface area (Å²) in [5.41, 5.74) is -0.134. The lowest BCUT2D eigenvalue weighted by molar-refractivity contribution is -0.161. The first-order valence-electron chi connectivity index (χ1n) is 27.6. The van der Waals surface area contributed by atoms with Gasteiger partial charge in [0.15, 0.2) is 5.78 Å². The van der Waals surface area contributed by atoms with E-state index in [2.05, 4.69) is 13.2 Å². The van der Waals surface area contributed by atoms with Crippen molar-refractivity contribution in [2.45, 2.75) is 170 Å². The molecular weight excluding hydrogens is 1040 g/mol. The van der Waals surface area contributed by atoms with Crippen LogP contribution in [0.1, 0.15) is 148 Å². The Hall–Kier alpha value is -5.96. The highest BCUT2D eigenvalue weighted by Crippen LogP contribution is 2.59. The summed E-state index contributed by atoms with van der Waals surface area (Å²) in [6.07, 6.45) is 14.9. The van der Waals surface area contributed by atoms with Crippen LogP contribution < -0.4 is 9.47 Å². The van der Waals surface area contributed by atoms with E-state index in [1.54, 1.807) is 0 Å². The Labute approximate surface area is 465 Å². The van der Waals surface area contributed by atoms with Crippen LogP contribution >= 0.6 is 23.5 Å². The van der Waals surface area contributed by atoms with Crippen molar-refractivity contribution in [2.75, 3.05) is 33.0 Å². The zero-order valence-electron chi connectivity index (χ0n) is 44.4. The Kier molecular flexibility index (Phi) is 25.3. The minimum Gasteiger partial charge on any atom is -0.465 e. The Morgan fingerprint density at radius 2 is 0.833 bits per heavy atom. The number of fused-ring (bicyclic) bond motifs is 1. The van der Waals surface area contributed by atoms with Crippen molar-refractivity contribution < 1.29 is 76.3 Å². The second-order valence-electron chi connectivity index (χ2n) is 20.5. The molecule has 0 amide bonds. The van der Waals surface area contributed by atoms with Gasteiger partial charge in [-0.15, -0.1) is 0 Å². The molecule has 1 heterocycles. The lowest BCUT2D eigenvalue weighted by Gasteiger charge is -2.30. The van der Waals surface area contributed by atoms with Gasteiger partial charge in [-0.3, -0.25) is 33.6 Å². The summed E-state index contributed by atoms with van der Waals surface area (Å²) < 4.78 is 45.3. The number of esters is 7. The van der Waals surface area contributed by atoms with E-state index < -0.39 is 29.7 Å².